The summed E-state index contributed by atoms with van der Waals surface area (Å²) >= 11 is 0. The molecule has 0 aromatic heterocycles. The van der Waals surface area contributed by atoms with Crippen molar-refractivity contribution in [3.63, 3.8) is 0 Å². The minimum atomic E-state index is -4.57. The standard InChI is InChI=1S/C10H17F3N2O2/c1-7(5-16)15(2)8(17)9(10(11,12)13)3-4-14-6-9/h7,14,16H,3-6H2,1-2H3. The molecular weight excluding hydrogens is 237 g/mol. The molecule has 0 spiro atoms. The van der Waals surface area contributed by atoms with Crippen molar-refractivity contribution in [2.75, 3.05) is 26.7 Å². The van der Waals surface area contributed by atoms with Crippen LogP contribution in [0.1, 0.15) is 13.3 Å². The molecule has 1 amide bonds. The summed E-state index contributed by atoms with van der Waals surface area (Å²) in [6.45, 7) is 0.929. The van der Waals surface area contributed by atoms with Crippen LogP contribution in [0.3, 0.4) is 0 Å². The van der Waals surface area contributed by atoms with Crippen LogP contribution in [0.25, 0.3) is 0 Å². The van der Waals surface area contributed by atoms with Gasteiger partial charge in [-0.2, -0.15) is 13.2 Å². The Morgan fingerprint density at radius 3 is 2.53 bits per heavy atom. The summed E-state index contributed by atoms with van der Waals surface area (Å²) in [5.74, 6) is -0.975. The van der Waals surface area contributed by atoms with E-state index in [-0.39, 0.29) is 19.6 Å². The molecule has 4 nitrogen and oxygen atoms in total. The summed E-state index contributed by atoms with van der Waals surface area (Å²) in [6.07, 6.45) is -4.82. The second kappa shape index (κ2) is 4.81. The maximum atomic E-state index is 13.0. The third-order valence-electron chi connectivity index (χ3n) is 3.35. The second-order valence-electron chi connectivity index (χ2n) is 4.45. The lowest BCUT2D eigenvalue weighted by atomic mass is 9.84. The van der Waals surface area contributed by atoms with E-state index in [2.05, 4.69) is 5.32 Å². The van der Waals surface area contributed by atoms with E-state index in [1.54, 1.807) is 0 Å². The smallest absolute Gasteiger partial charge is 0.394 e. The molecular formula is C10H17F3N2O2. The van der Waals surface area contributed by atoms with E-state index in [9.17, 15) is 18.0 Å². The number of aliphatic hydroxyl groups excluding tert-OH is 1. The molecule has 2 N–H and O–H groups in total. The molecule has 7 heteroatoms. The van der Waals surface area contributed by atoms with E-state index in [1.807, 2.05) is 0 Å². The number of nitrogens with one attached hydrogen (secondary N) is 1. The Morgan fingerprint density at radius 1 is 1.59 bits per heavy atom. The van der Waals surface area contributed by atoms with Crippen LogP contribution < -0.4 is 5.32 Å². The van der Waals surface area contributed by atoms with Gasteiger partial charge in [-0.1, -0.05) is 0 Å². The van der Waals surface area contributed by atoms with Crippen LogP contribution in [-0.2, 0) is 4.79 Å². The molecule has 100 valence electrons. The van der Waals surface area contributed by atoms with Gasteiger partial charge in [-0.25, -0.2) is 0 Å². The molecule has 1 aliphatic heterocycles. The number of alkyl halides is 3. The number of carbonyl (C=O) groups excluding carboxylic acids is 1. The maximum absolute atomic E-state index is 13.0. The van der Waals surface area contributed by atoms with Crippen LogP contribution in [-0.4, -0.2) is 54.9 Å². The average Bonchev–Trinajstić information content (AvgIpc) is 2.75. The van der Waals surface area contributed by atoms with Gasteiger partial charge in [0.2, 0.25) is 5.91 Å². The van der Waals surface area contributed by atoms with E-state index in [0.717, 1.165) is 4.90 Å². The highest BCUT2D eigenvalue weighted by molar-refractivity contribution is 5.84. The van der Waals surface area contributed by atoms with Gasteiger partial charge in [0.25, 0.3) is 0 Å². The van der Waals surface area contributed by atoms with Gasteiger partial charge in [0.1, 0.15) is 0 Å². The third kappa shape index (κ3) is 2.40. The first-order chi connectivity index (χ1) is 7.76. The SMILES string of the molecule is CC(CO)N(C)C(=O)C1(C(F)(F)F)CCNC1. The number of carbonyl (C=O) groups is 1. The topological polar surface area (TPSA) is 52.6 Å². The largest absolute Gasteiger partial charge is 0.404 e. The number of likely N-dealkylation sites (N-methyl/N-ethyl adjacent to an activating group) is 1. The van der Waals surface area contributed by atoms with Gasteiger partial charge in [0.05, 0.1) is 12.6 Å². The molecule has 0 aliphatic carbocycles. The number of amides is 1. The van der Waals surface area contributed by atoms with E-state index in [4.69, 9.17) is 5.11 Å². The number of rotatable bonds is 3. The van der Waals surface area contributed by atoms with Crippen molar-refractivity contribution >= 4 is 5.91 Å². The molecule has 0 saturated carbocycles. The summed E-state index contributed by atoms with van der Waals surface area (Å²) in [5, 5.41) is 11.5. The quantitative estimate of drug-likeness (QED) is 0.765. The van der Waals surface area contributed by atoms with E-state index in [1.165, 1.54) is 14.0 Å². The Hall–Kier alpha value is -0.820. The van der Waals surface area contributed by atoms with Crippen molar-refractivity contribution in [2.24, 2.45) is 5.41 Å². The van der Waals surface area contributed by atoms with Crippen LogP contribution in [0, 0.1) is 5.41 Å². The minimum absolute atomic E-state index is 0.173. The van der Waals surface area contributed by atoms with E-state index in [0.29, 0.717) is 0 Å². The molecule has 0 aromatic rings. The molecule has 0 radical (unpaired) electrons. The maximum Gasteiger partial charge on any atom is 0.404 e. The van der Waals surface area contributed by atoms with Crippen molar-refractivity contribution in [3.05, 3.63) is 0 Å². The van der Waals surface area contributed by atoms with Crippen molar-refractivity contribution in [1.82, 2.24) is 10.2 Å². The zero-order valence-corrected chi connectivity index (χ0v) is 9.84. The number of hydrogen-bond acceptors (Lipinski definition) is 3. The molecule has 1 aliphatic rings. The second-order valence-corrected chi connectivity index (χ2v) is 4.45. The van der Waals surface area contributed by atoms with Gasteiger partial charge in [0.15, 0.2) is 5.41 Å². The van der Waals surface area contributed by atoms with E-state index >= 15 is 0 Å². The van der Waals surface area contributed by atoms with Crippen molar-refractivity contribution in [1.29, 1.82) is 0 Å². The monoisotopic (exact) mass is 254 g/mol. The van der Waals surface area contributed by atoms with Gasteiger partial charge < -0.3 is 15.3 Å². The van der Waals surface area contributed by atoms with Gasteiger partial charge in [-0.15, -0.1) is 0 Å². The van der Waals surface area contributed by atoms with Crippen LogP contribution in [0.4, 0.5) is 13.2 Å². The fourth-order valence-corrected chi connectivity index (χ4v) is 1.90. The summed E-state index contributed by atoms with van der Waals surface area (Å²) < 4.78 is 39.1. The van der Waals surface area contributed by atoms with E-state index < -0.39 is 30.1 Å². The third-order valence-corrected chi connectivity index (χ3v) is 3.35. The average molecular weight is 254 g/mol. The lowest BCUT2D eigenvalue weighted by Crippen LogP contribution is -2.55. The molecule has 2 unspecified atom stereocenters. The van der Waals surface area contributed by atoms with Crippen molar-refractivity contribution in [3.8, 4) is 0 Å². The lowest BCUT2D eigenvalue weighted by molar-refractivity contribution is -0.222. The van der Waals surface area contributed by atoms with Gasteiger partial charge in [-0.3, -0.25) is 4.79 Å². The highest BCUT2D eigenvalue weighted by Crippen LogP contribution is 2.44. The molecule has 1 saturated heterocycles. The molecule has 0 aromatic carbocycles. The van der Waals surface area contributed by atoms with Crippen LogP contribution in [0.15, 0.2) is 0 Å². The first-order valence-corrected chi connectivity index (χ1v) is 5.42. The molecule has 0 bridgehead atoms. The van der Waals surface area contributed by atoms with Crippen LogP contribution in [0.2, 0.25) is 0 Å². The van der Waals surface area contributed by atoms with Gasteiger partial charge in [-0.05, 0) is 19.9 Å². The molecule has 17 heavy (non-hydrogen) atoms. The Morgan fingerprint density at radius 2 is 2.18 bits per heavy atom. The van der Waals surface area contributed by atoms with Crippen LogP contribution >= 0.6 is 0 Å². The number of aliphatic hydroxyl groups is 1. The number of hydrogen-bond donors (Lipinski definition) is 2. The van der Waals surface area contributed by atoms with Crippen molar-refractivity contribution < 1.29 is 23.1 Å². The summed E-state index contributed by atoms with van der Waals surface area (Å²) in [5.41, 5.74) is -2.34. The molecule has 1 heterocycles. The predicted octanol–water partition coefficient (Wildman–Crippen LogP) is 0.368. The summed E-state index contributed by atoms with van der Waals surface area (Å²) in [7, 11) is 1.29. The molecule has 1 rings (SSSR count). The lowest BCUT2D eigenvalue weighted by Gasteiger charge is -2.35. The Balaban J connectivity index is 2.97. The summed E-state index contributed by atoms with van der Waals surface area (Å²) in [4.78, 5) is 12.9. The van der Waals surface area contributed by atoms with Gasteiger partial charge in [0, 0.05) is 13.6 Å². The molecule has 1 fully saturated rings. The predicted molar refractivity (Wildman–Crippen MR) is 55.3 cm³/mol. The first kappa shape index (κ1) is 14.2. The number of halogens is 3. The molecule has 2 atom stereocenters. The normalized spacial score (nSPS) is 26.9. The zero-order chi connectivity index (χ0) is 13.3. The zero-order valence-electron chi connectivity index (χ0n) is 9.84. The van der Waals surface area contributed by atoms with Gasteiger partial charge >= 0.3 is 6.18 Å². The Kier molecular flexibility index (Phi) is 4.03. The highest BCUT2D eigenvalue weighted by Gasteiger charge is 2.62. The Labute approximate surface area is 97.8 Å². The summed E-state index contributed by atoms with van der Waals surface area (Å²) in [6, 6.07) is -0.623. The van der Waals surface area contributed by atoms with Crippen LogP contribution in [0.5, 0.6) is 0 Å². The fourth-order valence-electron chi connectivity index (χ4n) is 1.90. The van der Waals surface area contributed by atoms with Crippen molar-refractivity contribution in [2.45, 2.75) is 25.6 Å². The highest BCUT2D eigenvalue weighted by atomic mass is 19.4. The minimum Gasteiger partial charge on any atom is -0.394 e. The number of nitrogens with zero attached hydrogens (tertiary/aromatic N) is 1. The first-order valence-electron chi connectivity index (χ1n) is 5.42. The fraction of sp³-hybridized carbons (Fsp3) is 0.900. The Bertz CT molecular complexity index is 288.